The maximum atomic E-state index is 6.29. The number of alkyl halides is 1. The number of hydrogen-bond acceptors (Lipinski definition) is 3. The highest BCUT2D eigenvalue weighted by atomic mass is 35.5. The predicted octanol–water partition coefficient (Wildman–Crippen LogP) is 3.02. The predicted molar refractivity (Wildman–Crippen MR) is 83.4 cm³/mol. The van der Waals surface area contributed by atoms with Gasteiger partial charge in [-0.25, -0.2) is 4.98 Å². The van der Waals surface area contributed by atoms with Crippen molar-refractivity contribution in [3.05, 3.63) is 41.7 Å². The maximum Gasteiger partial charge on any atom is 0.134 e. The summed E-state index contributed by atoms with van der Waals surface area (Å²) >= 11 is 6.29. The van der Waals surface area contributed by atoms with Crippen LogP contribution in [0.15, 0.2) is 24.5 Å². The Morgan fingerprint density at radius 1 is 1.33 bits per heavy atom. The van der Waals surface area contributed by atoms with Gasteiger partial charge >= 0.3 is 0 Å². The third-order valence-electron chi connectivity index (χ3n) is 3.65. The molecule has 0 amide bonds. The quantitative estimate of drug-likeness (QED) is 0.696. The number of aromatic nitrogens is 5. The molecule has 0 aliphatic rings. The van der Waals surface area contributed by atoms with Crippen LogP contribution < -0.4 is 0 Å². The van der Waals surface area contributed by atoms with E-state index in [1.54, 1.807) is 6.33 Å². The van der Waals surface area contributed by atoms with Crippen molar-refractivity contribution >= 4 is 22.6 Å². The monoisotopic (exact) mass is 303 g/mol. The molecule has 0 saturated carbocycles. The first-order chi connectivity index (χ1) is 10.1. The summed E-state index contributed by atoms with van der Waals surface area (Å²) in [7, 11) is 1.95. The molecule has 0 N–H and O–H groups in total. The Morgan fingerprint density at radius 3 is 2.81 bits per heavy atom. The van der Waals surface area contributed by atoms with Crippen LogP contribution in [-0.2, 0) is 20.0 Å². The third-order valence-corrected chi connectivity index (χ3v) is 3.85. The Hall–Kier alpha value is -1.88. The normalized spacial score (nSPS) is 13.0. The summed E-state index contributed by atoms with van der Waals surface area (Å²) in [4.78, 5) is 4.66. The second-order valence-electron chi connectivity index (χ2n) is 5.34. The zero-order valence-corrected chi connectivity index (χ0v) is 13.2. The summed E-state index contributed by atoms with van der Waals surface area (Å²) in [6, 6.07) is 6.28. The van der Waals surface area contributed by atoms with Gasteiger partial charge in [0.25, 0.3) is 0 Å². The number of hydrogen-bond donors (Lipinski definition) is 0. The van der Waals surface area contributed by atoms with E-state index in [2.05, 4.69) is 38.8 Å². The van der Waals surface area contributed by atoms with Crippen LogP contribution in [0.5, 0.6) is 0 Å². The fourth-order valence-electron chi connectivity index (χ4n) is 2.54. The number of nitrogens with zero attached hydrogens (tertiary/aromatic N) is 5. The van der Waals surface area contributed by atoms with Crippen molar-refractivity contribution in [2.75, 3.05) is 0 Å². The largest absolute Gasteiger partial charge is 0.326 e. The van der Waals surface area contributed by atoms with Gasteiger partial charge in [0.05, 0.1) is 16.4 Å². The van der Waals surface area contributed by atoms with E-state index in [0.29, 0.717) is 0 Å². The lowest BCUT2D eigenvalue weighted by Crippen LogP contribution is -2.09. The van der Waals surface area contributed by atoms with Crippen molar-refractivity contribution < 1.29 is 0 Å². The van der Waals surface area contributed by atoms with Gasteiger partial charge < -0.3 is 9.13 Å². The second kappa shape index (κ2) is 5.48. The first-order valence-electron chi connectivity index (χ1n) is 7.00. The first kappa shape index (κ1) is 14.1. The average molecular weight is 304 g/mol. The SMILES string of the molecule is Cc1ccc2nc(C(C)Cl)n(CCc3nncn3C)c2c1. The van der Waals surface area contributed by atoms with Crippen molar-refractivity contribution in [2.24, 2.45) is 7.05 Å². The number of aryl methyl sites for hydroxylation is 4. The van der Waals surface area contributed by atoms with E-state index in [4.69, 9.17) is 11.6 Å². The zero-order chi connectivity index (χ0) is 15.0. The molecule has 1 atom stereocenters. The Bertz CT molecular complexity index is 772. The molecule has 0 radical (unpaired) electrons. The molecule has 2 aromatic heterocycles. The molecule has 3 rings (SSSR count). The van der Waals surface area contributed by atoms with Gasteiger partial charge in [0, 0.05) is 20.0 Å². The summed E-state index contributed by atoms with van der Waals surface area (Å²) in [5.74, 6) is 1.86. The van der Waals surface area contributed by atoms with Crippen LogP contribution in [0, 0.1) is 6.92 Å². The summed E-state index contributed by atoms with van der Waals surface area (Å²) in [6.07, 6.45) is 2.52. The van der Waals surface area contributed by atoms with Gasteiger partial charge in [-0.2, -0.15) is 0 Å². The molecule has 0 saturated heterocycles. The minimum Gasteiger partial charge on any atom is -0.326 e. The average Bonchev–Trinajstić information content (AvgIpc) is 3.00. The highest BCUT2D eigenvalue weighted by Gasteiger charge is 2.15. The van der Waals surface area contributed by atoms with Crippen LogP contribution in [-0.4, -0.2) is 24.3 Å². The molecule has 3 aromatic rings. The minimum atomic E-state index is -0.128. The van der Waals surface area contributed by atoms with E-state index in [-0.39, 0.29) is 5.38 Å². The molecule has 0 fully saturated rings. The van der Waals surface area contributed by atoms with Gasteiger partial charge in [0.15, 0.2) is 0 Å². The maximum absolute atomic E-state index is 6.29. The molecular formula is C15H18ClN5. The number of imidazole rings is 1. The van der Waals surface area contributed by atoms with Crippen molar-refractivity contribution in [3.63, 3.8) is 0 Å². The van der Waals surface area contributed by atoms with E-state index in [9.17, 15) is 0 Å². The number of halogens is 1. The van der Waals surface area contributed by atoms with Crippen molar-refractivity contribution in [1.82, 2.24) is 24.3 Å². The molecule has 0 aliphatic heterocycles. The van der Waals surface area contributed by atoms with E-state index in [1.165, 1.54) is 5.56 Å². The van der Waals surface area contributed by atoms with E-state index >= 15 is 0 Å². The lowest BCUT2D eigenvalue weighted by atomic mass is 10.2. The summed E-state index contributed by atoms with van der Waals surface area (Å²) in [6.45, 7) is 4.83. The van der Waals surface area contributed by atoms with Crippen LogP contribution >= 0.6 is 11.6 Å². The van der Waals surface area contributed by atoms with Gasteiger partial charge in [0.2, 0.25) is 0 Å². The van der Waals surface area contributed by atoms with Gasteiger partial charge in [-0.05, 0) is 31.5 Å². The molecule has 21 heavy (non-hydrogen) atoms. The summed E-state index contributed by atoms with van der Waals surface area (Å²) < 4.78 is 4.13. The molecule has 2 heterocycles. The molecule has 1 aromatic carbocycles. The van der Waals surface area contributed by atoms with Crippen LogP contribution in [0.25, 0.3) is 11.0 Å². The lowest BCUT2D eigenvalue weighted by molar-refractivity contribution is 0.632. The highest BCUT2D eigenvalue weighted by molar-refractivity contribution is 6.20. The third kappa shape index (κ3) is 2.65. The molecule has 5 nitrogen and oxygen atoms in total. The summed E-state index contributed by atoms with van der Waals surface area (Å²) in [5.41, 5.74) is 3.33. The standard InChI is InChI=1S/C15H18ClN5/c1-10-4-5-12-13(8-10)21(15(18-12)11(2)16)7-6-14-19-17-9-20(14)3/h4-5,8-9,11H,6-7H2,1-3H3. The van der Waals surface area contributed by atoms with Crippen molar-refractivity contribution in [2.45, 2.75) is 32.2 Å². The Kier molecular flexibility index (Phi) is 3.68. The highest BCUT2D eigenvalue weighted by Crippen LogP contribution is 2.25. The zero-order valence-electron chi connectivity index (χ0n) is 12.4. The molecular weight excluding hydrogens is 286 g/mol. The number of benzene rings is 1. The van der Waals surface area contributed by atoms with Crippen LogP contribution in [0.4, 0.5) is 0 Å². The van der Waals surface area contributed by atoms with Crippen molar-refractivity contribution in [1.29, 1.82) is 0 Å². The van der Waals surface area contributed by atoms with Crippen LogP contribution in [0.2, 0.25) is 0 Å². The minimum absolute atomic E-state index is 0.128. The van der Waals surface area contributed by atoms with Crippen LogP contribution in [0.3, 0.4) is 0 Å². The first-order valence-corrected chi connectivity index (χ1v) is 7.43. The van der Waals surface area contributed by atoms with E-state index in [0.717, 1.165) is 35.6 Å². The number of fused-ring (bicyclic) bond motifs is 1. The van der Waals surface area contributed by atoms with E-state index < -0.39 is 0 Å². The Morgan fingerprint density at radius 2 is 2.14 bits per heavy atom. The Labute approximate surface area is 128 Å². The molecule has 0 aliphatic carbocycles. The topological polar surface area (TPSA) is 48.5 Å². The summed E-state index contributed by atoms with van der Waals surface area (Å²) in [5, 5.41) is 7.92. The van der Waals surface area contributed by atoms with Gasteiger partial charge in [-0.3, -0.25) is 0 Å². The van der Waals surface area contributed by atoms with E-state index in [1.807, 2.05) is 24.6 Å². The fraction of sp³-hybridized carbons (Fsp3) is 0.400. The number of rotatable bonds is 4. The van der Waals surface area contributed by atoms with Gasteiger partial charge in [-0.15, -0.1) is 21.8 Å². The van der Waals surface area contributed by atoms with Gasteiger partial charge in [-0.1, -0.05) is 6.07 Å². The molecule has 1 unspecified atom stereocenters. The van der Waals surface area contributed by atoms with Crippen LogP contribution in [0.1, 0.15) is 29.5 Å². The Balaban J connectivity index is 2.00. The molecule has 6 heteroatoms. The smallest absolute Gasteiger partial charge is 0.134 e. The molecule has 0 spiro atoms. The van der Waals surface area contributed by atoms with Gasteiger partial charge in [0.1, 0.15) is 18.0 Å². The van der Waals surface area contributed by atoms with Crippen molar-refractivity contribution in [3.8, 4) is 0 Å². The second-order valence-corrected chi connectivity index (χ2v) is 5.99. The molecule has 110 valence electrons. The fourth-order valence-corrected chi connectivity index (χ4v) is 2.70. The lowest BCUT2D eigenvalue weighted by Gasteiger charge is -2.10. The molecule has 0 bridgehead atoms.